The van der Waals surface area contributed by atoms with Crippen LogP contribution in [-0.2, 0) is 19.2 Å². The summed E-state index contributed by atoms with van der Waals surface area (Å²) < 4.78 is 0.993. The predicted molar refractivity (Wildman–Crippen MR) is 125 cm³/mol. The summed E-state index contributed by atoms with van der Waals surface area (Å²) in [5, 5.41) is 23.6. The molecule has 12 heteroatoms. The Balaban J connectivity index is 2.05. The van der Waals surface area contributed by atoms with Crippen molar-refractivity contribution in [1.29, 1.82) is 0 Å². The Bertz CT molecular complexity index is 885. The van der Waals surface area contributed by atoms with Gasteiger partial charge in [-0.05, 0) is 77.1 Å². The molecule has 31 heavy (non-hydrogen) atoms. The first-order chi connectivity index (χ1) is 14.5. The Morgan fingerprint density at radius 3 is 2.39 bits per heavy atom. The fourth-order valence-corrected chi connectivity index (χ4v) is 4.96. The lowest BCUT2D eigenvalue weighted by Crippen LogP contribution is -2.54. The molecule has 1 aliphatic heterocycles. The van der Waals surface area contributed by atoms with E-state index in [1.54, 1.807) is 0 Å². The minimum atomic E-state index is -1.23. The second-order valence-corrected chi connectivity index (χ2v) is 9.35. The lowest BCUT2D eigenvalue weighted by Gasteiger charge is -2.27. The average Bonchev–Trinajstić information content (AvgIpc) is 3.19. The maximum absolute atomic E-state index is 12.9. The molecule has 0 saturated carbocycles. The second kappa shape index (κ2) is 11.1. The SMILES string of the molecule is C[C@H](NC(=O)c1cc(I)c(O)c(I)c1)C(=O)N1CCC[C@H]1C(=O)N[C@H](C=O)CC(=O)O. The number of hydrogen-bond donors (Lipinski definition) is 4. The molecule has 2 rings (SSSR count). The van der Waals surface area contributed by atoms with Gasteiger partial charge in [-0.15, -0.1) is 0 Å². The van der Waals surface area contributed by atoms with Crippen molar-refractivity contribution in [2.45, 2.75) is 44.3 Å². The molecule has 1 aliphatic rings. The maximum Gasteiger partial charge on any atom is 0.305 e. The van der Waals surface area contributed by atoms with Gasteiger partial charge in [0.1, 0.15) is 24.1 Å². The van der Waals surface area contributed by atoms with Crippen LogP contribution in [0.5, 0.6) is 5.75 Å². The van der Waals surface area contributed by atoms with Crippen LogP contribution in [0.25, 0.3) is 0 Å². The molecule has 0 aromatic heterocycles. The van der Waals surface area contributed by atoms with E-state index in [1.807, 2.05) is 45.2 Å². The van der Waals surface area contributed by atoms with E-state index >= 15 is 0 Å². The lowest BCUT2D eigenvalue weighted by molar-refractivity contribution is -0.141. The molecule has 3 amide bonds. The average molecular weight is 657 g/mol. The van der Waals surface area contributed by atoms with Crippen molar-refractivity contribution in [1.82, 2.24) is 15.5 Å². The number of aldehydes is 1. The number of aromatic hydroxyl groups is 1. The minimum absolute atomic E-state index is 0.0734. The summed E-state index contributed by atoms with van der Waals surface area (Å²) in [4.78, 5) is 61.1. The molecular weight excluding hydrogens is 636 g/mol. The molecule has 4 N–H and O–H groups in total. The molecule has 1 fully saturated rings. The number of hydrogen-bond acceptors (Lipinski definition) is 6. The van der Waals surface area contributed by atoms with Crippen molar-refractivity contribution >= 4 is 75.2 Å². The van der Waals surface area contributed by atoms with E-state index in [0.29, 0.717) is 32.8 Å². The van der Waals surface area contributed by atoms with E-state index in [0.717, 1.165) is 0 Å². The van der Waals surface area contributed by atoms with Gasteiger partial charge >= 0.3 is 5.97 Å². The van der Waals surface area contributed by atoms with Gasteiger partial charge in [0.05, 0.1) is 19.6 Å². The zero-order valence-electron chi connectivity index (χ0n) is 16.4. The van der Waals surface area contributed by atoms with Crippen LogP contribution in [0.15, 0.2) is 12.1 Å². The lowest BCUT2D eigenvalue weighted by atomic mass is 10.1. The third-order valence-electron chi connectivity index (χ3n) is 4.72. The second-order valence-electron chi connectivity index (χ2n) is 7.02. The topological polar surface area (TPSA) is 153 Å². The highest BCUT2D eigenvalue weighted by Gasteiger charge is 2.37. The van der Waals surface area contributed by atoms with E-state index in [2.05, 4.69) is 10.6 Å². The zero-order chi connectivity index (χ0) is 23.3. The number of phenolic OH excluding ortho intramolecular Hbond substituents is 1. The highest BCUT2D eigenvalue weighted by Crippen LogP contribution is 2.27. The smallest absolute Gasteiger partial charge is 0.305 e. The van der Waals surface area contributed by atoms with Crippen molar-refractivity contribution in [3.63, 3.8) is 0 Å². The first-order valence-electron chi connectivity index (χ1n) is 9.32. The van der Waals surface area contributed by atoms with Crippen LogP contribution in [0, 0.1) is 7.14 Å². The van der Waals surface area contributed by atoms with Gasteiger partial charge in [0.2, 0.25) is 11.8 Å². The van der Waals surface area contributed by atoms with Crippen LogP contribution in [0.1, 0.15) is 36.5 Å². The van der Waals surface area contributed by atoms with Crippen LogP contribution in [0.4, 0.5) is 0 Å². The van der Waals surface area contributed by atoms with E-state index in [1.165, 1.54) is 24.0 Å². The number of carbonyl (C=O) groups is 5. The number of nitrogens with zero attached hydrogens (tertiary/aromatic N) is 1. The summed E-state index contributed by atoms with van der Waals surface area (Å²) in [5.41, 5.74) is 0.282. The zero-order valence-corrected chi connectivity index (χ0v) is 20.7. The number of phenols is 1. The van der Waals surface area contributed by atoms with E-state index in [4.69, 9.17) is 5.11 Å². The van der Waals surface area contributed by atoms with Gasteiger partial charge in [-0.3, -0.25) is 19.2 Å². The highest BCUT2D eigenvalue weighted by atomic mass is 127. The van der Waals surface area contributed by atoms with Gasteiger partial charge in [-0.1, -0.05) is 0 Å². The van der Waals surface area contributed by atoms with Gasteiger partial charge in [0.15, 0.2) is 0 Å². The first kappa shape index (κ1) is 25.3. The quantitative estimate of drug-likeness (QED) is 0.239. The summed E-state index contributed by atoms with van der Waals surface area (Å²) in [6.07, 6.45) is 0.720. The summed E-state index contributed by atoms with van der Waals surface area (Å²) in [7, 11) is 0. The molecular formula is C19H21I2N3O7. The molecule has 0 radical (unpaired) electrons. The Hall–Kier alpha value is -1.97. The summed E-state index contributed by atoms with van der Waals surface area (Å²) in [6, 6.07) is 0.0425. The number of carboxylic acids is 1. The first-order valence-corrected chi connectivity index (χ1v) is 11.5. The molecule has 1 saturated heterocycles. The summed E-state index contributed by atoms with van der Waals surface area (Å²) >= 11 is 3.80. The van der Waals surface area contributed by atoms with Crippen molar-refractivity contribution in [3.8, 4) is 5.75 Å². The van der Waals surface area contributed by atoms with Gasteiger partial charge < -0.3 is 30.5 Å². The number of rotatable bonds is 8. The van der Waals surface area contributed by atoms with Crippen LogP contribution in [0.2, 0.25) is 0 Å². The molecule has 1 aromatic rings. The van der Waals surface area contributed by atoms with Gasteiger partial charge in [0, 0.05) is 12.1 Å². The predicted octanol–water partition coefficient (Wildman–Crippen LogP) is 0.869. The van der Waals surface area contributed by atoms with Crippen LogP contribution < -0.4 is 10.6 Å². The Morgan fingerprint density at radius 1 is 1.23 bits per heavy atom. The number of amides is 3. The molecule has 168 valence electrons. The van der Waals surface area contributed by atoms with Gasteiger partial charge in [-0.25, -0.2) is 0 Å². The molecule has 1 aromatic carbocycles. The van der Waals surface area contributed by atoms with Crippen molar-refractivity contribution in [2.75, 3.05) is 6.54 Å². The number of nitrogens with one attached hydrogen (secondary N) is 2. The van der Waals surface area contributed by atoms with Gasteiger partial charge in [0.25, 0.3) is 5.91 Å². The molecule has 3 atom stereocenters. The highest BCUT2D eigenvalue weighted by molar-refractivity contribution is 14.1. The number of aliphatic carboxylic acids is 1. The van der Waals surface area contributed by atoms with E-state index < -0.39 is 48.2 Å². The number of carbonyl (C=O) groups excluding carboxylic acids is 4. The van der Waals surface area contributed by atoms with Crippen LogP contribution in [0.3, 0.4) is 0 Å². The third-order valence-corrected chi connectivity index (χ3v) is 6.37. The van der Waals surface area contributed by atoms with Crippen molar-refractivity contribution in [2.24, 2.45) is 0 Å². The number of benzene rings is 1. The summed E-state index contributed by atoms with van der Waals surface area (Å²) in [6.45, 7) is 1.80. The fraction of sp³-hybridized carbons (Fsp3) is 0.421. The normalized spacial score (nSPS) is 17.5. The van der Waals surface area contributed by atoms with Crippen LogP contribution in [-0.4, -0.2) is 69.8 Å². The minimum Gasteiger partial charge on any atom is -0.506 e. The van der Waals surface area contributed by atoms with Crippen molar-refractivity contribution < 1.29 is 34.2 Å². The van der Waals surface area contributed by atoms with Crippen molar-refractivity contribution in [3.05, 3.63) is 24.8 Å². The Morgan fingerprint density at radius 2 is 1.84 bits per heavy atom. The van der Waals surface area contributed by atoms with E-state index in [9.17, 15) is 29.1 Å². The molecule has 0 aliphatic carbocycles. The number of likely N-dealkylation sites (tertiary alicyclic amines) is 1. The van der Waals surface area contributed by atoms with Crippen LogP contribution >= 0.6 is 45.2 Å². The molecule has 0 spiro atoms. The largest absolute Gasteiger partial charge is 0.506 e. The summed E-state index contributed by atoms with van der Waals surface area (Å²) in [5.74, 6) is -2.73. The standard InChI is InChI=1S/C19H21I2N3O7/c1-9(22-17(29)10-5-12(20)16(28)13(21)6-10)19(31)24-4-2-3-14(24)18(30)23-11(8-25)7-15(26)27/h5-6,8-9,11,14,28H,2-4,7H2,1H3,(H,22,29)(H,23,30)(H,26,27)/t9-,11-,14-/m0/s1. The monoisotopic (exact) mass is 657 g/mol. The molecule has 1 heterocycles. The molecule has 0 bridgehead atoms. The molecule has 0 unspecified atom stereocenters. The maximum atomic E-state index is 12.9. The van der Waals surface area contributed by atoms with Gasteiger partial charge in [-0.2, -0.15) is 0 Å². The number of halogens is 2. The third kappa shape index (κ3) is 6.51. The van der Waals surface area contributed by atoms with E-state index in [-0.39, 0.29) is 11.3 Å². The Kier molecular flexibility index (Phi) is 9.02. The number of carboxylic acid groups (broad SMARTS) is 1. The molecule has 10 nitrogen and oxygen atoms in total. The Labute approximate surface area is 205 Å². The fourth-order valence-electron chi connectivity index (χ4n) is 3.19.